The molecule has 0 bridgehead atoms. The van der Waals surface area contributed by atoms with Crippen LogP contribution < -0.4 is 5.73 Å². The predicted octanol–water partition coefficient (Wildman–Crippen LogP) is 0.713. The fraction of sp³-hybridized carbons (Fsp3) is 0.875. The summed E-state index contributed by atoms with van der Waals surface area (Å²) in [7, 11) is 0. The predicted molar refractivity (Wildman–Crippen MR) is 63.8 cm³/mol. The van der Waals surface area contributed by atoms with E-state index in [1.54, 1.807) is 11.8 Å². The van der Waals surface area contributed by atoms with Crippen LogP contribution in [0.4, 0.5) is 0 Å². The van der Waals surface area contributed by atoms with Crippen molar-refractivity contribution in [1.29, 1.82) is 0 Å². The van der Waals surface area contributed by atoms with Crippen LogP contribution in [-0.4, -0.2) is 54.0 Å². The third-order valence-corrected chi connectivity index (χ3v) is 3.44. The maximum atomic E-state index is 5.85. The number of hydrogen-bond donors (Lipinski definition) is 1. The molecule has 0 aromatic carbocycles. The average molecular weight is 219 g/mol. The van der Waals surface area contributed by atoms with Crippen LogP contribution in [0.5, 0.6) is 0 Å². The van der Waals surface area contributed by atoms with Crippen molar-refractivity contribution in [3.05, 3.63) is 0 Å². The number of aliphatic imine (C=N–C) groups is 1. The minimum Gasteiger partial charge on any atom is -0.370 e. The number of rotatable bonds is 3. The molecule has 76 valence electrons. The van der Waals surface area contributed by atoms with Crippen LogP contribution in [0, 0.1) is 0 Å². The van der Waals surface area contributed by atoms with Crippen LogP contribution in [-0.2, 0) is 0 Å². The van der Waals surface area contributed by atoms with Gasteiger partial charge in [-0.15, -0.1) is 0 Å². The number of thioether (sulfide) groups is 2. The first kappa shape index (κ1) is 11.0. The molecule has 3 nitrogen and oxygen atoms in total. The van der Waals surface area contributed by atoms with E-state index < -0.39 is 0 Å². The summed E-state index contributed by atoms with van der Waals surface area (Å²) in [6, 6.07) is 0. The van der Waals surface area contributed by atoms with Gasteiger partial charge in [-0.05, 0) is 6.26 Å². The molecule has 0 aromatic heterocycles. The molecule has 1 aliphatic heterocycles. The summed E-state index contributed by atoms with van der Waals surface area (Å²) in [4.78, 5) is 6.51. The van der Waals surface area contributed by atoms with Gasteiger partial charge < -0.3 is 10.6 Å². The van der Waals surface area contributed by atoms with Gasteiger partial charge in [0.1, 0.15) is 0 Å². The third-order valence-electron chi connectivity index (χ3n) is 1.90. The van der Waals surface area contributed by atoms with Crippen molar-refractivity contribution in [3.8, 4) is 0 Å². The van der Waals surface area contributed by atoms with E-state index >= 15 is 0 Å². The van der Waals surface area contributed by atoms with Gasteiger partial charge in [0.2, 0.25) is 0 Å². The lowest BCUT2D eigenvalue weighted by molar-refractivity contribution is 0.456. The molecule has 0 aromatic rings. The molecule has 1 aliphatic rings. The highest BCUT2D eigenvalue weighted by atomic mass is 32.2. The molecule has 1 heterocycles. The second-order valence-electron chi connectivity index (χ2n) is 2.83. The van der Waals surface area contributed by atoms with Crippen molar-refractivity contribution in [2.24, 2.45) is 10.7 Å². The fourth-order valence-electron chi connectivity index (χ4n) is 1.14. The summed E-state index contributed by atoms with van der Waals surface area (Å²) < 4.78 is 0. The van der Waals surface area contributed by atoms with Crippen LogP contribution in [0.25, 0.3) is 0 Å². The van der Waals surface area contributed by atoms with E-state index in [1.807, 2.05) is 11.8 Å². The number of nitrogens with two attached hydrogens (primary N) is 1. The first-order valence-electron chi connectivity index (χ1n) is 4.46. The maximum absolute atomic E-state index is 5.85. The molecule has 0 atom stereocenters. The zero-order chi connectivity index (χ0) is 9.52. The first-order valence-corrected chi connectivity index (χ1v) is 7.01. The summed E-state index contributed by atoms with van der Waals surface area (Å²) in [5.74, 6) is 4.15. The van der Waals surface area contributed by atoms with E-state index in [0.717, 1.165) is 31.3 Å². The lowest BCUT2D eigenvalue weighted by atomic mass is 10.5. The van der Waals surface area contributed by atoms with Crippen molar-refractivity contribution in [3.63, 3.8) is 0 Å². The summed E-state index contributed by atoms with van der Waals surface area (Å²) in [6.45, 7) is 2.95. The van der Waals surface area contributed by atoms with E-state index in [-0.39, 0.29) is 0 Å². The Labute approximate surface area is 88.5 Å². The summed E-state index contributed by atoms with van der Waals surface area (Å²) >= 11 is 3.79. The van der Waals surface area contributed by atoms with Gasteiger partial charge in [-0.25, -0.2) is 0 Å². The molecule has 1 saturated heterocycles. The van der Waals surface area contributed by atoms with Crippen LogP contribution in [0.2, 0.25) is 0 Å². The summed E-state index contributed by atoms with van der Waals surface area (Å²) in [5.41, 5.74) is 5.85. The Kier molecular flexibility index (Phi) is 5.46. The molecule has 13 heavy (non-hydrogen) atoms. The molecular weight excluding hydrogens is 202 g/mol. The topological polar surface area (TPSA) is 41.6 Å². The van der Waals surface area contributed by atoms with E-state index in [0.29, 0.717) is 0 Å². The van der Waals surface area contributed by atoms with Gasteiger partial charge in [-0.1, -0.05) is 0 Å². The fourth-order valence-corrected chi connectivity index (χ4v) is 2.32. The molecule has 0 unspecified atom stereocenters. The Morgan fingerprint density at radius 1 is 1.54 bits per heavy atom. The van der Waals surface area contributed by atoms with Crippen molar-refractivity contribution >= 4 is 29.5 Å². The van der Waals surface area contributed by atoms with E-state index in [4.69, 9.17) is 5.73 Å². The quantitative estimate of drug-likeness (QED) is 0.431. The molecule has 1 rings (SSSR count). The molecule has 5 heteroatoms. The van der Waals surface area contributed by atoms with Gasteiger partial charge in [0.05, 0.1) is 6.54 Å². The average Bonchev–Trinajstić information content (AvgIpc) is 2.19. The van der Waals surface area contributed by atoms with Crippen molar-refractivity contribution < 1.29 is 0 Å². The molecule has 1 fully saturated rings. The van der Waals surface area contributed by atoms with Gasteiger partial charge in [-0.2, -0.15) is 23.5 Å². The van der Waals surface area contributed by atoms with Crippen LogP contribution >= 0.6 is 23.5 Å². The third kappa shape index (κ3) is 4.13. The van der Waals surface area contributed by atoms with Crippen molar-refractivity contribution in [1.82, 2.24) is 4.90 Å². The molecular formula is C8H17N3S2. The highest BCUT2D eigenvalue weighted by molar-refractivity contribution is 7.99. The molecule has 0 spiro atoms. The molecule has 0 aliphatic carbocycles. The van der Waals surface area contributed by atoms with Crippen molar-refractivity contribution in [2.75, 3.05) is 43.1 Å². The lowest BCUT2D eigenvalue weighted by Crippen LogP contribution is -2.42. The smallest absolute Gasteiger partial charge is 0.191 e. The van der Waals surface area contributed by atoms with Crippen LogP contribution in [0.1, 0.15) is 0 Å². The molecule has 2 N–H and O–H groups in total. The standard InChI is InChI=1S/C8H17N3S2/c1-12-5-2-10-8(9)11-3-6-13-7-4-11/h2-7H2,1H3,(H2,9,10). The van der Waals surface area contributed by atoms with Gasteiger partial charge in [0.25, 0.3) is 0 Å². The minimum absolute atomic E-state index is 0.731. The van der Waals surface area contributed by atoms with Gasteiger partial charge in [0, 0.05) is 30.3 Å². The highest BCUT2D eigenvalue weighted by Crippen LogP contribution is 2.08. The van der Waals surface area contributed by atoms with Crippen LogP contribution in [0.3, 0.4) is 0 Å². The second-order valence-corrected chi connectivity index (χ2v) is 5.04. The SMILES string of the molecule is CSCCN=C(N)N1CCSCC1. The molecule has 0 amide bonds. The van der Waals surface area contributed by atoms with Crippen molar-refractivity contribution in [2.45, 2.75) is 0 Å². The minimum atomic E-state index is 0.731. The Bertz CT molecular complexity index is 167. The maximum Gasteiger partial charge on any atom is 0.191 e. The molecule has 0 saturated carbocycles. The number of hydrogen-bond acceptors (Lipinski definition) is 3. The monoisotopic (exact) mass is 219 g/mol. The zero-order valence-electron chi connectivity index (χ0n) is 8.03. The summed E-state index contributed by atoms with van der Waals surface area (Å²) in [5, 5.41) is 0. The van der Waals surface area contributed by atoms with Gasteiger partial charge in [-0.3, -0.25) is 4.99 Å². The first-order chi connectivity index (χ1) is 6.34. The summed E-state index contributed by atoms with van der Waals surface area (Å²) in [6.07, 6.45) is 2.09. The van der Waals surface area contributed by atoms with Gasteiger partial charge >= 0.3 is 0 Å². The second kappa shape index (κ2) is 6.43. The Morgan fingerprint density at radius 3 is 2.85 bits per heavy atom. The molecule has 0 radical (unpaired) electrons. The van der Waals surface area contributed by atoms with E-state index in [9.17, 15) is 0 Å². The zero-order valence-corrected chi connectivity index (χ0v) is 9.66. The lowest BCUT2D eigenvalue weighted by Gasteiger charge is -2.27. The Balaban J connectivity index is 2.27. The van der Waals surface area contributed by atoms with Gasteiger partial charge in [0.15, 0.2) is 5.96 Å². The van der Waals surface area contributed by atoms with E-state index in [1.165, 1.54) is 11.5 Å². The number of guanidine groups is 1. The largest absolute Gasteiger partial charge is 0.370 e. The van der Waals surface area contributed by atoms with E-state index in [2.05, 4.69) is 16.1 Å². The number of nitrogens with zero attached hydrogens (tertiary/aromatic N) is 2. The highest BCUT2D eigenvalue weighted by Gasteiger charge is 2.11. The normalized spacial score (nSPS) is 19.2. The van der Waals surface area contributed by atoms with Crippen LogP contribution in [0.15, 0.2) is 4.99 Å². The Morgan fingerprint density at radius 2 is 2.23 bits per heavy atom. The Hall–Kier alpha value is -0.0300.